The monoisotopic (exact) mass is 325 g/mol. The third-order valence-electron chi connectivity index (χ3n) is 2.87. The van der Waals surface area contributed by atoms with Gasteiger partial charge in [0.25, 0.3) is 0 Å². The number of amides is 1. The van der Waals surface area contributed by atoms with Gasteiger partial charge in [-0.1, -0.05) is 42.2 Å². The Morgan fingerprint density at radius 3 is 2.67 bits per heavy atom. The van der Waals surface area contributed by atoms with E-state index < -0.39 is 6.09 Å². The highest BCUT2D eigenvalue weighted by Crippen LogP contribution is 2.01. The molecule has 6 heteroatoms. The molecule has 0 saturated heterocycles. The van der Waals surface area contributed by atoms with Gasteiger partial charge in [-0.3, -0.25) is 0 Å². The van der Waals surface area contributed by atoms with E-state index in [1.54, 1.807) is 12.4 Å². The summed E-state index contributed by atoms with van der Waals surface area (Å²) >= 11 is 0. The zero-order valence-corrected chi connectivity index (χ0v) is 13.5. The quantitative estimate of drug-likeness (QED) is 0.653. The van der Waals surface area contributed by atoms with Crippen molar-refractivity contribution in [3.05, 3.63) is 53.9 Å². The average Bonchev–Trinajstić information content (AvgIpc) is 2.62. The molecule has 6 nitrogen and oxygen atoms in total. The van der Waals surface area contributed by atoms with Gasteiger partial charge in [0.2, 0.25) is 0 Å². The summed E-state index contributed by atoms with van der Waals surface area (Å²) in [5.41, 5.74) is 1.65. The topological polar surface area (TPSA) is 73.3 Å². The maximum Gasteiger partial charge on any atom is 0.407 e. The fourth-order valence-corrected chi connectivity index (χ4v) is 1.75. The lowest BCUT2D eigenvalue weighted by Crippen LogP contribution is -2.24. The van der Waals surface area contributed by atoms with Crippen molar-refractivity contribution < 1.29 is 14.3 Å². The van der Waals surface area contributed by atoms with Crippen LogP contribution < -0.4 is 10.1 Å². The molecule has 1 amide bonds. The summed E-state index contributed by atoms with van der Waals surface area (Å²) in [6.45, 7) is 3.06. The average molecular weight is 325 g/mol. The summed E-state index contributed by atoms with van der Waals surface area (Å²) in [5.74, 6) is 5.86. The highest BCUT2D eigenvalue weighted by Gasteiger charge is 2.00. The number of benzene rings is 1. The smallest absolute Gasteiger partial charge is 0.407 e. The van der Waals surface area contributed by atoms with Crippen molar-refractivity contribution >= 4 is 6.09 Å². The summed E-state index contributed by atoms with van der Waals surface area (Å²) in [7, 11) is 0. The van der Waals surface area contributed by atoms with Crippen molar-refractivity contribution in [2.24, 2.45) is 0 Å². The second-order valence-corrected chi connectivity index (χ2v) is 4.73. The fraction of sp³-hybridized carbons (Fsp3) is 0.278. The number of hydrogen-bond acceptors (Lipinski definition) is 5. The number of rotatable bonds is 6. The van der Waals surface area contributed by atoms with Crippen LogP contribution in [0.2, 0.25) is 0 Å². The van der Waals surface area contributed by atoms with Crippen LogP contribution in [-0.2, 0) is 11.3 Å². The molecule has 0 radical (unpaired) electrons. The number of aromatic nitrogens is 2. The number of carbonyl (C=O) groups is 1. The van der Waals surface area contributed by atoms with E-state index in [0.717, 1.165) is 5.56 Å². The van der Waals surface area contributed by atoms with Crippen LogP contribution >= 0.6 is 0 Å². The van der Waals surface area contributed by atoms with E-state index in [1.165, 1.54) is 0 Å². The zero-order valence-electron chi connectivity index (χ0n) is 13.5. The van der Waals surface area contributed by atoms with E-state index in [1.807, 2.05) is 37.3 Å². The Kier molecular flexibility index (Phi) is 7.09. The second-order valence-electron chi connectivity index (χ2n) is 4.73. The maximum absolute atomic E-state index is 11.5. The molecule has 0 unspecified atom stereocenters. The van der Waals surface area contributed by atoms with Gasteiger partial charge in [-0.15, -0.1) is 0 Å². The lowest BCUT2D eigenvalue weighted by atomic mass is 10.2. The van der Waals surface area contributed by atoms with Gasteiger partial charge in [-0.2, -0.15) is 0 Å². The normalized spacial score (nSPS) is 9.54. The number of hydrogen-bond donors (Lipinski definition) is 1. The lowest BCUT2D eigenvalue weighted by molar-refractivity contribution is 0.140. The number of carbonyl (C=O) groups excluding carboxylic acids is 1. The lowest BCUT2D eigenvalue weighted by Gasteiger charge is -2.05. The Bertz CT molecular complexity index is 691. The molecule has 2 aromatic rings. The molecule has 1 heterocycles. The molecule has 0 bridgehead atoms. The predicted molar refractivity (Wildman–Crippen MR) is 89.3 cm³/mol. The minimum Gasteiger partial charge on any atom is -0.464 e. The third kappa shape index (κ3) is 6.36. The van der Waals surface area contributed by atoms with Crippen molar-refractivity contribution in [1.82, 2.24) is 15.3 Å². The van der Waals surface area contributed by atoms with Gasteiger partial charge in [0.1, 0.15) is 6.61 Å². The van der Waals surface area contributed by atoms with E-state index in [2.05, 4.69) is 27.1 Å². The first-order valence-electron chi connectivity index (χ1n) is 7.66. The Labute approximate surface area is 141 Å². The minimum atomic E-state index is -0.454. The number of ether oxygens (including phenoxy) is 2. The second kappa shape index (κ2) is 9.85. The molecule has 0 aliphatic heterocycles. The molecule has 0 fully saturated rings. The van der Waals surface area contributed by atoms with Crippen LogP contribution in [0.3, 0.4) is 0 Å². The van der Waals surface area contributed by atoms with Crippen LogP contribution in [0.25, 0.3) is 0 Å². The number of nitrogens with one attached hydrogen (secondary N) is 1. The highest BCUT2D eigenvalue weighted by atomic mass is 16.5. The molecule has 1 aromatic heterocycles. The standard InChI is InChI=1S/C18H19N3O3/c1-2-23-17-20-12-16(13-21-17)10-6-7-11-19-18(22)24-14-15-8-4-3-5-9-15/h3-5,8-9,12-13H,2,7,11,14H2,1H3,(H,19,22). The van der Waals surface area contributed by atoms with E-state index in [9.17, 15) is 4.79 Å². The molecule has 124 valence electrons. The largest absolute Gasteiger partial charge is 0.464 e. The first kappa shape index (κ1) is 17.3. The summed E-state index contributed by atoms with van der Waals surface area (Å²) in [4.78, 5) is 19.6. The number of nitrogens with zero attached hydrogens (tertiary/aromatic N) is 2. The summed E-state index contributed by atoms with van der Waals surface area (Å²) < 4.78 is 10.3. The Morgan fingerprint density at radius 2 is 1.96 bits per heavy atom. The van der Waals surface area contributed by atoms with Gasteiger partial charge in [0.15, 0.2) is 0 Å². The fourth-order valence-electron chi connectivity index (χ4n) is 1.75. The molecule has 24 heavy (non-hydrogen) atoms. The van der Waals surface area contributed by atoms with Crippen molar-refractivity contribution in [3.63, 3.8) is 0 Å². The molecule has 2 rings (SSSR count). The van der Waals surface area contributed by atoms with Crippen LogP contribution in [0.1, 0.15) is 24.5 Å². The summed E-state index contributed by atoms with van der Waals surface area (Å²) in [6.07, 6.45) is 3.26. The van der Waals surface area contributed by atoms with Crippen LogP contribution in [-0.4, -0.2) is 29.2 Å². The Balaban J connectivity index is 1.64. The molecule has 0 aliphatic rings. The van der Waals surface area contributed by atoms with Crippen LogP contribution in [0.5, 0.6) is 6.01 Å². The van der Waals surface area contributed by atoms with Crippen LogP contribution in [0, 0.1) is 11.8 Å². The van der Waals surface area contributed by atoms with E-state index in [0.29, 0.717) is 31.1 Å². The Hall–Kier alpha value is -3.07. The van der Waals surface area contributed by atoms with Crippen molar-refractivity contribution in [2.45, 2.75) is 20.0 Å². The molecule has 0 saturated carbocycles. The predicted octanol–water partition coefficient (Wildman–Crippen LogP) is 2.54. The summed E-state index contributed by atoms with van der Waals surface area (Å²) in [5, 5.41) is 2.65. The van der Waals surface area contributed by atoms with Gasteiger partial charge in [0.05, 0.1) is 12.2 Å². The molecular weight excluding hydrogens is 306 g/mol. The third-order valence-corrected chi connectivity index (χ3v) is 2.87. The van der Waals surface area contributed by atoms with Gasteiger partial charge in [-0.05, 0) is 12.5 Å². The first-order chi connectivity index (χ1) is 11.8. The molecule has 1 N–H and O–H groups in total. The van der Waals surface area contributed by atoms with E-state index >= 15 is 0 Å². The molecule has 0 spiro atoms. The van der Waals surface area contributed by atoms with Gasteiger partial charge >= 0.3 is 12.1 Å². The molecular formula is C18H19N3O3. The van der Waals surface area contributed by atoms with Gasteiger partial charge in [-0.25, -0.2) is 14.8 Å². The highest BCUT2D eigenvalue weighted by molar-refractivity contribution is 5.67. The van der Waals surface area contributed by atoms with Crippen molar-refractivity contribution in [2.75, 3.05) is 13.2 Å². The van der Waals surface area contributed by atoms with Gasteiger partial charge < -0.3 is 14.8 Å². The summed E-state index contributed by atoms with van der Waals surface area (Å²) in [6, 6.07) is 9.85. The Morgan fingerprint density at radius 1 is 1.21 bits per heavy atom. The van der Waals surface area contributed by atoms with E-state index in [-0.39, 0.29) is 6.61 Å². The van der Waals surface area contributed by atoms with Crippen molar-refractivity contribution in [3.8, 4) is 17.9 Å². The zero-order chi connectivity index (χ0) is 17.0. The molecule has 1 aromatic carbocycles. The van der Waals surface area contributed by atoms with Crippen molar-refractivity contribution in [1.29, 1.82) is 0 Å². The van der Waals surface area contributed by atoms with Crippen LogP contribution in [0.15, 0.2) is 42.7 Å². The van der Waals surface area contributed by atoms with Crippen LogP contribution in [0.4, 0.5) is 4.79 Å². The maximum atomic E-state index is 11.5. The SMILES string of the molecule is CCOc1ncc(C#CCCNC(=O)OCc2ccccc2)cn1. The first-order valence-corrected chi connectivity index (χ1v) is 7.66. The minimum absolute atomic E-state index is 0.252. The van der Waals surface area contributed by atoms with Gasteiger partial charge in [0, 0.05) is 25.4 Å². The molecule has 0 atom stereocenters. The molecule has 0 aliphatic carbocycles. The van der Waals surface area contributed by atoms with E-state index in [4.69, 9.17) is 9.47 Å². The number of alkyl carbamates (subject to hydrolysis) is 1.